The number of methoxy groups -OCH3 is 1. The number of ether oxygens (including phenoxy) is 1. The zero-order valence-corrected chi connectivity index (χ0v) is 17.9. The van der Waals surface area contributed by atoms with E-state index in [-0.39, 0.29) is 18.3 Å². The maximum Gasteiger partial charge on any atom is 0.234 e. The molecular formula is C19H25Cl2N3O2S. The van der Waals surface area contributed by atoms with E-state index in [1.165, 1.54) is 11.3 Å². The summed E-state index contributed by atoms with van der Waals surface area (Å²) in [5.74, 6) is 0.00362. The second kappa shape index (κ2) is 9.85. The highest BCUT2D eigenvalue weighted by Crippen LogP contribution is 2.32. The molecule has 148 valence electrons. The van der Waals surface area contributed by atoms with Crippen molar-refractivity contribution in [1.29, 1.82) is 0 Å². The molecule has 1 aromatic carbocycles. The Balaban J connectivity index is 0.00000261. The van der Waals surface area contributed by atoms with Crippen LogP contribution in [0.4, 0.5) is 5.13 Å². The topological polar surface area (TPSA) is 63.2 Å². The lowest BCUT2D eigenvalue weighted by Crippen LogP contribution is -2.47. The van der Waals surface area contributed by atoms with Crippen LogP contribution in [0.5, 0.6) is 0 Å². The second-order valence-electron chi connectivity index (χ2n) is 6.75. The zero-order chi connectivity index (χ0) is 18.6. The van der Waals surface area contributed by atoms with Crippen molar-refractivity contribution in [2.45, 2.75) is 26.2 Å². The molecule has 2 heterocycles. The summed E-state index contributed by atoms with van der Waals surface area (Å²) in [5.41, 5.74) is 1.60. The molecule has 1 aliphatic rings. The smallest absolute Gasteiger partial charge is 0.234 e. The monoisotopic (exact) mass is 429 g/mol. The molecule has 0 unspecified atom stereocenters. The molecule has 0 aliphatic carbocycles. The highest BCUT2D eigenvalue weighted by molar-refractivity contribution is 7.15. The summed E-state index contributed by atoms with van der Waals surface area (Å²) in [6.07, 6.45) is 2.30. The lowest BCUT2D eigenvalue weighted by atomic mass is 9.79. The SMILES string of the molecule is COCC1(C(=O)Nc2nc(C)c(Cc3cccc(Cl)c3)s2)CCNCC1.Cl. The Kier molecular flexibility index (Phi) is 8.06. The Morgan fingerprint density at radius 2 is 2.15 bits per heavy atom. The number of aromatic nitrogens is 1. The van der Waals surface area contributed by atoms with Crippen molar-refractivity contribution in [3.63, 3.8) is 0 Å². The molecule has 0 radical (unpaired) electrons. The number of benzene rings is 1. The lowest BCUT2D eigenvalue weighted by Gasteiger charge is -2.35. The summed E-state index contributed by atoms with van der Waals surface area (Å²) < 4.78 is 5.34. The molecule has 8 heteroatoms. The van der Waals surface area contributed by atoms with Crippen molar-refractivity contribution in [1.82, 2.24) is 10.3 Å². The van der Waals surface area contributed by atoms with Crippen LogP contribution in [0.25, 0.3) is 0 Å². The Morgan fingerprint density at radius 3 is 2.81 bits per heavy atom. The van der Waals surface area contributed by atoms with Crippen molar-refractivity contribution in [3.8, 4) is 0 Å². The molecule has 0 atom stereocenters. The normalized spacial score (nSPS) is 15.8. The van der Waals surface area contributed by atoms with Crippen molar-refractivity contribution in [3.05, 3.63) is 45.4 Å². The highest BCUT2D eigenvalue weighted by atomic mass is 35.5. The third kappa shape index (κ3) is 5.42. The quantitative estimate of drug-likeness (QED) is 0.725. The predicted octanol–water partition coefficient (Wildman–Crippen LogP) is 4.07. The molecule has 0 bridgehead atoms. The number of carbonyl (C=O) groups excluding carboxylic acids is 1. The van der Waals surface area contributed by atoms with Gasteiger partial charge in [0.25, 0.3) is 0 Å². The molecule has 2 N–H and O–H groups in total. The number of amides is 1. The number of halogens is 2. The van der Waals surface area contributed by atoms with Gasteiger partial charge in [0.15, 0.2) is 5.13 Å². The predicted molar refractivity (Wildman–Crippen MR) is 113 cm³/mol. The van der Waals surface area contributed by atoms with Gasteiger partial charge in [-0.25, -0.2) is 4.98 Å². The summed E-state index contributed by atoms with van der Waals surface area (Å²) in [6.45, 7) is 4.06. The standard InChI is InChI=1S/C19H24ClN3O2S.ClH/c1-13-16(11-14-4-3-5-15(20)10-14)26-18(22-13)23-17(24)19(12-25-2)6-8-21-9-7-19;/h3-5,10,21H,6-9,11-12H2,1-2H3,(H,22,23,24);1H. The molecule has 1 aromatic heterocycles. The van der Waals surface area contributed by atoms with Crippen molar-refractivity contribution >= 4 is 46.4 Å². The largest absolute Gasteiger partial charge is 0.384 e. The first kappa shape index (κ1) is 22.1. The maximum absolute atomic E-state index is 12.9. The minimum absolute atomic E-state index is 0. The summed E-state index contributed by atoms with van der Waals surface area (Å²) in [4.78, 5) is 18.6. The van der Waals surface area contributed by atoms with Gasteiger partial charge >= 0.3 is 0 Å². The van der Waals surface area contributed by atoms with Gasteiger partial charge in [0.1, 0.15) is 0 Å². The number of rotatable bonds is 6. The van der Waals surface area contributed by atoms with Crippen LogP contribution >= 0.6 is 35.3 Å². The number of carbonyl (C=O) groups is 1. The lowest BCUT2D eigenvalue weighted by molar-refractivity contribution is -0.130. The van der Waals surface area contributed by atoms with Gasteiger partial charge in [-0.3, -0.25) is 4.79 Å². The van der Waals surface area contributed by atoms with Crippen LogP contribution in [0, 0.1) is 12.3 Å². The van der Waals surface area contributed by atoms with Crippen LogP contribution in [0.2, 0.25) is 5.02 Å². The first-order valence-corrected chi connectivity index (χ1v) is 9.94. The number of aryl methyl sites for hydroxylation is 1. The van der Waals surface area contributed by atoms with Gasteiger partial charge in [0.2, 0.25) is 5.91 Å². The molecule has 3 rings (SSSR count). The highest BCUT2D eigenvalue weighted by Gasteiger charge is 2.40. The number of hydrogen-bond acceptors (Lipinski definition) is 5. The van der Waals surface area contributed by atoms with Gasteiger partial charge in [-0.15, -0.1) is 23.7 Å². The summed E-state index contributed by atoms with van der Waals surface area (Å²) in [7, 11) is 1.65. The van der Waals surface area contributed by atoms with E-state index in [2.05, 4.69) is 15.6 Å². The Hall–Kier alpha value is -1.18. The molecule has 27 heavy (non-hydrogen) atoms. The average Bonchev–Trinajstić information content (AvgIpc) is 2.95. The molecule has 1 saturated heterocycles. The number of nitrogens with one attached hydrogen (secondary N) is 2. The number of hydrogen-bond donors (Lipinski definition) is 2. The average molecular weight is 430 g/mol. The third-order valence-electron chi connectivity index (χ3n) is 4.83. The van der Waals surface area contributed by atoms with E-state index in [9.17, 15) is 4.79 Å². The molecule has 2 aromatic rings. The van der Waals surface area contributed by atoms with Gasteiger partial charge < -0.3 is 15.4 Å². The zero-order valence-electron chi connectivity index (χ0n) is 15.5. The van der Waals surface area contributed by atoms with E-state index in [4.69, 9.17) is 16.3 Å². The van der Waals surface area contributed by atoms with Crippen molar-refractivity contribution in [2.24, 2.45) is 5.41 Å². The van der Waals surface area contributed by atoms with E-state index in [0.29, 0.717) is 11.7 Å². The molecule has 1 amide bonds. The van der Waals surface area contributed by atoms with E-state index < -0.39 is 5.41 Å². The number of thiazole rings is 1. The molecular weight excluding hydrogens is 405 g/mol. The number of nitrogens with zero attached hydrogens (tertiary/aromatic N) is 1. The van der Waals surface area contributed by atoms with E-state index in [0.717, 1.165) is 53.5 Å². The molecule has 0 saturated carbocycles. The van der Waals surface area contributed by atoms with Crippen LogP contribution in [-0.4, -0.2) is 37.7 Å². The summed E-state index contributed by atoms with van der Waals surface area (Å²) in [5, 5.41) is 7.71. The van der Waals surface area contributed by atoms with E-state index >= 15 is 0 Å². The first-order valence-electron chi connectivity index (χ1n) is 8.74. The molecule has 5 nitrogen and oxygen atoms in total. The third-order valence-corrected chi connectivity index (χ3v) is 6.14. The van der Waals surface area contributed by atoms with E-state index in [1.54, 1.807) is 7.11 Å². The van der Waals surface area contributed by atoms with Crippen molar-refractivity contribution < 1.29 is 9.53 Å². The van der Waals surface area contributed by atoms with Crippen LogP contribution in [0.15, 0.2) is 24.3 Å². The van der Waals surface area contributed by atoms with Crippen LogP contribution < -0.4 is 10.6 Å². The Labute approximate surface area is 175 Å². The fourth-order valence-electron chi connectivity index (χ4n) is 3.33. The minimum atomic E-state index is -0.479. The maximum atomic E-state index is 12.9. The summed E-state index contributed by atoms with van der Waals surface area (Å²) in [6, 6.07) is 7.82. The summed E-state index contributed by atoms with van der Waals surface area (Å²) >= 11 is 7.60. The van der Waals surface area contributed by atoms with Gasteiger partial charge in [-0.1, -0.05) is 23.7 Å². The number of piperidine rings is 1. The van der Waals surface area contributed by atoms with Gasteiger partial charge in [-0.2, -0.15) is 0 Å². The fourth-order valence-corrected chi connectivity index (χ4v) is 4.53. The fraction of sp³-hybridized carbons (Fsp3) is 0.474. The van der Waals surface area contributed by atoms with Gasteiger partial charge in [0, 0.05) is 23.4 Å². The first-order chi connectivity index (χ1) is 12.5. The molecule has 1 fully saturated rings. The van der Waals surface area contributed by atoms with Crippen LogP contribution in [0.3, 0.4) is 0 Å². The minimum Gasteiger partial charge on any atom is -0.384 e. The Bertz CT molecular complexity index is 771. The van der Waals surface area contributed by atoms with Gasteiger partial charge in [0.05, 0.1) is 17.7 Å². The van der Waals surface area contributed by atoms with Crippen molar-refractivity contribution in [2.75, 3.05) is 32.1 Å². The molecule has 0 spiro atoms. The van der Waals surface area contributed by atoms with Crippen LogP contribution in [0.1, 0.15) is 29.0 Å². The van der Waals surface area contributed by atoms with Crippen LogP contribution in [-0.2, 0) is 16.0 Å². The van der Waals surface area contributed by atoms with E-state index in [1.807, 2.05) is 31.2 Å². The molecule has 1 aliphatic heterocycles. The Morgan fingerprint density at radius 1 is 1.41 bits per heavy atom. The number of anilines is 1. The second-order valence-corrected chi connectivity index (χ2v) is 8.27. The van der Waals surface area contributed by atoms with Gasteiger partial charge in [-0.05, 0) is 50.6 Å².